The van der Waals surface area contributed by atoms with Gasteiger partial charge in [0.25, 0.3) is 15.9 Å². The van der Waals surface area contributed by atoms with Crippen LogP contribution in [-0.2, 0) is 16.6 Å². The molecule has 0 aliphatic heterocycles. The molecule has 0 radical (unpaired) electrons. The van der Waals surface area contributed by atoms with Crippen LogP contribution in [-0.4, -0.2) is 31.1 Å². The van der Waals surface area contributed by atoms with E-state index in [2.05, 4.69) is 20.2 Å². The number of aromatic nitrogens is 2. The zero-order valence-electron chi connectivity index (χ0n) is 15.3. The van der Waals surface area contributed by atoms with Crippen LogP contribution in [0, 0.1) is 0 Å². The Balaban J connectivity index is 1.64. The molecular weight excluding hydrogens is 436 g/mol. The van der Waals surface area contributed by atoms with Gasteiger partial charge in [0, 0.05) is 17.1 Å². The monoisotopic (exact) mass is 452 g/mol. The fourth-order valence-corrected chi connectivity index (χ4v) is 4.37. The van der Waals surface area contributed by atoms with E-state index in [1.165, 1.54) is 0 Å². The van der Waals surface area contributed by atoms with Crippen molar-refractivity contribution in [2.45, 2.75) is 17.8 Å². The quantitative estimate of drug-likeness (QED) is 0.507. The molecule has 0 spiro atoms. The van der Waals surface area contributed by atoms with Gasteiger partial charge in [0.15, 0.2) is 0 Å². The van der Waals surface area contributed by atoms with Crippen LogP contribution < -0.4 is 14.8 Å². The highest BCUT2D eigenvalue weighted by atomic mass is 35.5. The van der Waals surface area contributed by atoms with E-state index >= 15 is 0 Å². The Morgan fingerprint density at radius 1 is 1.17 bits per heavy atom. The molecule has 1 heterocycles. The number of benzene rings is 2. The maximum Gasteiger partial charge on any atom is 0.270 e. The summed E-state index contributed by atoms with van der Waals surface area (Å²) in [5, 5.41) is 10.5. The Labute approximate surface area is 176 Å². The van der Waals surface area contributed by atoms with Crippen molar-refractivity contribution in [3.05, 3.63) is 64.7 Å². The second-order valence-electron chi connectivity index (χ2n) is 5.74. The van der Waals surface area contributed by atoms with Gasteiger partial charge in [-0.15, -0.1) is 10.2 Å². The summed E-state index contributed by atoms with van der Waals surface area (Å²) in [4.78, 5) is 12.2. The Kier molecular flexibility index (Phi) is 6.80. The lowest BCUT2D eigenvalue weighted by Crippen LogP contribution is -2.23. The van der Waals surface area contributed by atoms with Gasteiger partial charge in [0.1, 0.15) is 5.75 Å². The van der Waals surface area contributed by atoms with Crippen molar-refractivity contribution in [3.8, 4) is 5.75 Å². The third kappa shape index (κ3) is 5.73. The van der Waals surface area contributed by atoms with Crippen molar-refractivity contribution in [2.24, 2.45) is 0 Å². The summed E-state index contributed by atoms with van der Waals surface area (Å²) in [5.41, 5.74) is 1.10. The van der Waals surface area contributed by atoms with E-state index in [1.807, 2.05) is 6.92 Å². The van der Waals surface area contributed by atoms with E-state index in [9.17, 15) is 13.2 Å². The van der Waals surface area contributed by atoms with E-state index in [-0.39, 0.29) is 16.0 Å². The number of hydrogen-bond acceptors (Lipinski definition) is 7. The van der Waals surface area contributed by atoms with Crippen molar-refractivity contribution in [3.63, 3.8) is 0 Å². The molecule has 0 fully saturated rings. The number of hydrogen-bond donors (Lipinski definition) is 2. The van der Waals surface area contributed by atoms with Crippen LogP contribution in [0.1, 0.15) is 22.8 Å². The summed E-state index contributed by atoms with van der Waals surface area (Å²) in [7, 11) is -3.88. The van der Waals surface area contributed by atoms with Gasteiger partial charge in [-0.05, 0) is 48.9 Å². The van der Waals surface area contributed by atoms with E-state index in [1.54, 1.807) is 48.5 Å². The Hall–Kier alpha value is -2.53. The van der Waals surface area contributed by atoms with Gasteiger partial charge in [-0.1, -0.05) is 35.1 Å². The smallest absolute Gasteiger partial charge is 0.270 e. The maximum absolute atomic E-state index is 12.5. The average molecular weight is 453 g/mol. The molecule has 1 amide bonds. The average Bonchev–Trinajstić information content (AvgIpc) is 3.17. The number of anilines is 1. The Bertz CT molecular complexity index is 1100. The third-order valence-electron chi connectivity index (χ3n) is 3.64. The fourth-order valence-electron chi connectivity index (χ4n) is 2.29. The Morgan fingerprint density at radius 3 is 2.66 bits per heavy atom. The minimum Gasteiger partial charge on any atom is -0.494 e. The summed E-state index contributed by atoms with van der Waals surface area (Å²) in [6.07, 6.45) is 0. The summed E-state index contributed by atoms with van der Waals surface area (Å²) >= 11 is 6.55. The zero-order valence-corrected chi connectivity index (χ0v) is 17.6. The Morgan fingerprint density at radius 2 is 1.93 bits per heavy atom. The molecule has 0 aliphatic carbocycles. The standard InChI is InChI=1S/C18H17ClN4O4S2/c1-2-27-15-5-3-4-12(10-15)11-20-29(25,26)18-23-22-17(28-18)21-16(24)13-6-8-14(19)9-7-13/h3-10,20H,2,11H2,1H3,(H,21,22,24). The molecule has 0 atom stereocenters. The molecule has 0 unspecified atom stereocenters. The number of amides is 1. The second-order valence-corrected chi connectivity index (χ2v) is 9.09. The number of nitrogens with one attached hydrogen (secondary N) is 2. The van der Waals surface area contributed by atoms with Crippen LogP contribution >= 0.6 is 22.9 Å². The summed E-state index contributed by atoms with van der Waals surface area (Å²) < 4.78 is 32.5. The van der Waals surface area contributed by atoms with Gasteiger partial charge in [0.2, 0.25) is 9.47 Å². The SMILES string of the molecule is CCOc1cccc(CNS(=O)(=O)c2nnc(NC(=O)c3ccc(Cl)cc3)s2)c1. The van der Waals surface area contributed by atoms with Crippen LogP contribution in [0.3, 0.4) is 0 Å². The first kappa shape index (κ1) is 21.2. The predicted molar refractivity (Wildman–Crippen MR) is 111 cm³/mol. The molecular formula is C18H17ClN4O4S2. The first-order chi connectivity index (χ1) is 13.9. The fraction of sp³-hybridized carbons (Fsp3) is 0.167. The molecule has 2 N–H and O–H groups in total. The van der Waals surface area contributed by atoms with Crippen LogP contribution in [0.25, 0.3) is 0 Å². The van der Waals surface area contributed by atoms with Gasteiger partial charge >= 0.3 is 0 Å². The molecule has 0 saturated carbocycles. The highest BCUT2D eigenvalue weighted by Crippen LogP contribution is 2.21. The van der Waals surface area contributed by atoms with Crippen molar-refractivity contribution in [1.29, 1.82) is 0 Å². The molecule has 2 aromatic carbocycles. The zero-order chi connectivity index (χ0) is 20.9. The van der Waals surface area contributed by atoms with Crippen molar-refractivity contribution in [1.82, 2.24) is 14.9 Å². The first-order valence-electron chi connectivity index (χ1n) is 8.49. The summed E-state index contributed by atoms with van der Waals surface area (Å²) in [5.74, 6) is 0.217. The van der Waals surface area contributed by atoms with Crippen LogP contribution in [0.4, 0.5) is 5.13 Å². The minimum absolute atomic E-state index is 0.0648. The normalized spacial score (nSPS) is 11.2. The number of carbonyl (C=O) groups is 1. The van der Waals surface area contributed by atoms with Gasteiger partial charge < -0.3 is 4.74 Å². The third-order valence-corrected chi connectivity index (χ3v) is 6.50. The van der Waals surface area contributed by atoms with E-state index in [0.29, 0.717) is 22.9 Å². The number of halogens is 1. The molecule has 3 aromatic rings. The molecule has 29 heavy (non-hydrogen) atoms. The maximum atomic E-state index is 12.5. The van der Waals surface area contributed by atoms with Gasteiger partial charge in [-0.3, -0.25) is 10.1 Å². The molecule has 0 aliphatic rings. The number of ether oxygens (including phenoxy) is 1. The van der Waals surface area contributed by atoms with E-state index in [4.69, 9.17) is 16.3 Å². The topological polar surface area (TPSA) is 110 Å². The van der Waals surface area contributed by atoms with Crippen molar-refractivity contribution >= 4 is 44.0 Å². The molecule has 8 nitrogen and oxygen atoms in total. The van der Waals surface area contributed by atoms with Crippen molar-refractivity contribution < 1.29 is 17.9 Å². The minimum atomic E-state index is -3.88. The van der Waals surface area contributed by atoms with Gasteiger partial charge in [-0.2, -0.15) is 0 Å². The van der Waals surface area contributed by atoms with Crippen LogP contribution in [0.15, 0.2) is 52.9 Å². The lowest BCUT2D eigenvalue weighted by molar-refractivity contribution is 0.102. The lowest BCUT2D eigenvalue weighted by Gasteiger charge is -2.07. The molecule has 152 valence electrons. The predicted octanol–water partition coefficient (Wildman–Crippen LogP) is 3.32. The highest BCUT2D eigenvalue weighted by Gasteiger charge is 2.21. The molecule has 1 aromatic heterocycles. The van der Waals surface area contributed by atoms with Gasteiger partial charge in [0.05, 0.1) is 6.61 Å². The van der Waals surface area contributed by atoms with Crippen molar-refractivity contribution in [2.75, 3.05) is 11.9 Å². The summed E-state index contributed by atoms with van der Waals surface area (Å²) in [6.45, 7) is 2.45. The molecule has 3 rings (SSSR count). The lowest BCUT2D eigenvalue weighted by atomic mass is 10.2. The number of nitrogens with zero attached hydrogens (tertiary/aromatic N) is 2. The van der Waals surface area contributed by atoms with Gasteiger partial charge in [-0.25, -0.2) is 13.1 Å². The number of sulfonamides is 1. The van der Waals surface area contributed by atoms with Crippen LogP contribution in [0.5, 0.6) is 5.75 Å². The first-order valence-corrected chi connectivity index (χ1v) is 11.2. The molecule has 0 saturated heterocycles. The number of rotatable bonds is 8. The van der Waals surface area contributed by atoms with E-state index < -0.39 is 15.9 Å². The molecule has 11 heteroatoms. The largest absolute Gasteiger partial charge is 0.494 e. The highest BCUT2D eigenvalue weighted by molar-refractivity contribution is 7.91. The number of carbonyl (C=O) groups excluding carboxylic acids is 1. The van der Waals surface area contributed by atoms with E-state index in [0.717, 1.165) is 16.9 Å². The van der Waals surface area contributed by atoms with Crippen LogP contribution in [0.2, 0.25) is 5.02 Å². The molecule has 0 bridgehead atoms. The summed E-state index contributed by atoms with van der Waals surface area (Å²) in [6, 6.07) is 13.4. The second kappa shape index (κ2) is 9.31.